The number of alkyl halides is 6. The van der Waals surface area contributed by atoms with Crippen molar-refractivity contribution in [2.75, 3.05) is 18.5 Å². The van der Waals surface area contributed by atoms with Crippen LogP contribution in [0, 0.1) is 0 Å². The van der Waals surface area contributed by atoms with E-state index in [0.29, 0.717) is 17.4 Å². The fourth-order valence-corrected chi connectivity index (χ4v) is 4.10. The Morgan fingerprint density at radius 1 is 0.944 bits per heavy atom. The number of pyridine rings is 1. The van der Waals surface area contributed by atoms with Crippen molar-refractivity contribution in [2.45, 2.75) is 26.2 Å². The number of rotatable bonds is 6. The molecule has 1 N–H and O–H groups in total. The third-order valence-corrected chi connectivity index (χ3v) is 5.68. The van der Waals surface area contributed by atoms with E-state index in [4.69, 9.17) is 4.74 Å². The lowest BCUT2D eigenvalue weighted by atomic mass is 10.1. The van der Waals surface area contributed by atoms with Crippen LogP contribution < -0.4 is 5.32 Å². The van der Waals surface area contributed by atoms with Crippen LogP contribution in [-0.4, -0.2) is 36.0 Å². The number of aromatic nitrogens is 1. The van der Waals surface area contributed by atoms with Gasteiger partial charge in [0, 0.05) is 10.9 Å². The molecule has 7 nitrogen and oxygen atoms in total. The van der Waals surface area contributed by atoms with E-state index >= 15 is 0 Å². The molecule has 36 heavy (non-hydrogen) atoms. The van der Waals surface area contributed by atoms with Crippen LogP contribution >= 0.6 is 11.3 Å². The molecule has 0 spiro atoms. The predicted octanol–water partition coefficient (Wildman–Crippen LogP) is 5.94. The minimum absolute atomic E-state index is 0.122. The summed E-state index contributed by atoms with van der Waals surface area (Å²) in [6.45, 7) is 2.47. The molecule has 3 aromatic rings. The van der Waals surface area contributed by atoms with E-state index in [0.717, 1.165) is 24.3 Å². The Kier molecular flexibility index (Phi) is 7.57. The van der Waals surface area contributed by atoms with Gasteiger partial charge in [-0.2, -0.15) is 26.3 Å². The molecular formula is C22H16F6N2O5S. The quantitative estimate of drug-likeness (QED) is 0.311. The summed E-state index contributed by atoms with van der Waals surface area (Å²) in [4.78, 5) is 40.3. The Hall–Kier alpha value is -3.68. The monoisotopic (exact) mass is 534 g/mol. The summed E-state index contributed by atoms with van der Waals surface area (Å²) >= 11 is 0.448. The maximum Gasteiger partial charge on any atom is 0.434 e. The SMILES string of the molecule is CCOC(=O)c1cc2c(NC(=O)c3cccc(C(F)(F)F)c3)c(C(=O)OCC)sc2nc1C(F)(F)F. The third-order valence-electron chi connectivity index (χ3n) is 4.60. The van der Waals surface area contributed by atoms with Gasteiger partial charge in [0.05, 0.1) is 30.0 Å². The summed E-state index contributed by atoms with van der Waals surface area (Å²) in [5.41, 5.74) is -4.47. The number of esters is 2. The summed E-state index contributed by atoms with van der Waals surface area (Å²) in [5.74, 6) is -3.46. The first-order valence-electron chi connectivity index (χ1n) is 10.2. The molecule has 0 atom stereocenters. The Balaban J connectivity index is 2.20. The molecule has 0 unspecified atom stereocenters. The number of hydrogen-bond donors (Lipinski definition) is 1. The molecule has 0 aliphatic heterocycles. The smallest absolute Gasteiger partial charge is 0.434 e. The first-order valence-corrected chi connectivity index (χ1v) is 11.0. The number of amides is 1. The summed E-state index contributed by atoms with van der Waals surface area (Å²) in [6, 6.07) is 4.14. The molecular weight excluding hydrogens is 518 g/mol. The number of nitrogens with one attached hydrogen (secondary N) is 1. The number of fused-ring (bicyclic) bond motifs is 1. The number of ether oxygens (including phenoxy) is 2. The number of hydrogen-bond acceptors (Lipinski definition) is 7. The van der Waals surface area contributed by atoms with Crippen LogP contribution in [-0.2, 0) is 21.8 Å². The number of carbonyl (C=O) groups excluding carboxylic acids is 3. The Morgan fingerprint density at radius 2 is 1.58 bits per heavy atom. The zero-order valence-corrected chi connectivity index (χ0v) is 19.3. The maximum absolute atomic E-state index is 13.6. The number of anilines is 1. The van der Waals surface area contributed by atoms with Crippen molar-refractivity contribution in [3.8, 4) is 0 Å². The fourth-order valence-electron chi connectivity index (χ4n) is 3.09. The van der Waals surface area contributed by atoms with Crippen LogP contribution in [0.15, 0.2) is 30.3 Å². The number of benzene rings is 1. The summed E-state index contributed by atoms with van der Waals surface area (Å²) in [5, 5.41) is 2.02. The highest BCUT2D eigenvalue weighted by Crippen LogP contribution is 2.40. The predicted molar refractivity (Wildman–Crippen MR) is 116 cm³/mol. The molecule has 2 heterocycles. The van der Waals surface area contributed by atoms with Crippen molar-refractivity contribution >= 4 is 45.1 Å². The summed E-state index contributed by atoms with van der Waals surface area (Å²) < 4.78 is 89.6. The van der Waals surface area contributed by atoms with Gasteiger partial charge in [0.25, 0.3) is 5.91 Å². The van der Waals surface area contributed by atoms with Crippen molar-refractivity contribution in [1.82, 2.24) is 4.98 Å². The Labute approximate surface area is 203 Å². The van der Waals surface area contributed by atoms with Gasteiger partial charge in [-0.15, -0.1) is 11.3 Å². The number of carbonyl (C=O) groups is 3. The van der Waals surface area contributed by atoms with E-state index in [-0.39, 0.29) is 34.0 Å². The molecule has 3 rings (SSSR count). The molecule has 0 aliphatic rings. The van der Waals surface area contributed by atoms with Crippen molar-refractivity contribution in [1.29, 1.82) is 0 Å². The molecule has 0 saturated carbocycles. The molecule has 0 radical (unpaired) electrons. The van der Waals surface area contributed by atoms with Gasteiger partial charge in [0.2, 0.25) is 0 Å². The standard InChI is InChI=1S/C22H16F6N2O5S/c1-3-34-19(32)13-9-12-14(29-17(31)10-6-5-7-11(8-10)21(23,24)25)15(20(33)35-4-2)36-18(12)30-16(13)22(26,27)28/h5-9H,3-4H2,1-2H3,(H,29,31). The van der Waals surface area contributed by atoms with Crippen molar-refractivity contribution in [3.63, 3.8) is 0 Å². The average Bonchev–Trinajstić information content (AvgIpc) is 3.15. The lowest BCUT2D eigenvalue weighted by molar-refractivity contribution is -0.141. The van der Waals surface area contributed by atoms with Gasteiger partial charge in [0.1, 0.15) is 9.71 Å². The maximum atomic E-state index is 13.6. The normalized spacial score (nSPS) is 11.9. The molecule has 2 aromatic heterocycles. The van der Waals surface area contributed by atoms with E-state index in [1.54, 1.807) is 0 Å². The molecule has 0 aliphatic carbocycles. The molecule has 14 heteroatoms. The lowest BCUT2D eigenvalue weighted by Gasteiger charge is -2.12. The fraction of sp³-hybridized carbons (Fsp3) is 0.273. The van der Waals surface area contributed by atoms with Gasteiger partial charge in [-0.25, -0.2) is 14.6 Å². The molecule has 1 amide bonds. The Bertz CT molecular complexity index is 1330. The molecule has 0 bridgehead atoms. The second-order valence-corrected chi connectivity index (χ2v) is 8.01. The number of nitrogens with zero attached hydrogens (tertiary/aromatic N) is 1. The van der Waals surface area contributed by atoms with E-state index in [9.17, 15) is 40.7 Å². The van der Waals surface area contributed by atoms with Gasteiger partial charge in [-0.1, -0.05) is 6.07 Å². The van der Waals surface area contributed by atoms with Crippen molar-refractivity contribution < 1.29 is 50.2 Å². The number of thiophene rings is 1. The molecule has 1 aromatic carbocycles. The number of halogens is 6. The van der Waals surface area contributed by atoms with E-state index in [1.165, 1.54) is 13.8 Å². The summed E-state index contributed by atoms with van der Waals surface area (Å²) in [7, 11) is 0. The van der Waals surface area contributed by atoms with Gasteiger partial charge >= 0.3 is 24.3 Å². The molecule has 192 valence electrons. The largest absolute Gasteiger partial charge is 0.462 e. The second-order valence-electron chi connectivity index (χ2n) is 7.01. The highest BCUT2D eigenvalue weighted by molar-refractivity contribution is 7.21. The van der Waals surface area contributed by atoms with E-state index in [2.05, 4.69) is 15.0 Å². The average molecular weight is 534 g/mol. The second kappa shape index (κ2) is 10.1. The zero-order chi connectivity index (χ0) is 26.8. The van der Waals surface area contributed by atoms with Crippen molar-refractivity contribution in [3.05, 3.63) is 57.6 Å². The first kappa shape index (κ1) is 26.9. The van der Waals surface area contributed by atoms with Gasteiger partial charge in [-0.05, 0) is 38.1 Å². The minimum atomic E-state index is -5.06. The minimum Gasteiger partial charge on any atom is -0.462 e. The molecule has 0 saturated heterocycles. The first-order chi connectivity index (χ1) is 16.8. The topological polar surface area (TPSA) is 94.6 Å². The van der Waals surface area contributed by atoms with Crippen LogP contribution in [0.5, 0.6) is 0 Å². The van der Waals surface area contributed by atoms with Gasteiger partial charge in [-0.3, -0.25) is 4.79 Å². The highest BCUT2D eigenvalue weighted by atomic mass is 32.1. The molecule has 0 fully saturated rings. The lowest BCUT2D eigenvalue weighted by Crippen LogP contribution is -2.18. The highest BCUT2D eigenvalue weighted by Gasteiger charge is 2.39. The third kappa shape index (κ3) is 5.58. The van der Waals surface area contributed by atoms with Crippen LogP contribution in [0.3, 0.4) is 0 Å². The van der Waals surface area contributed by atoms with Crippen molar-refractivity contribution in [2.24, 2.45) is 0 Å². The van der Waals surface area contributed by atoms with Gasteiger partial charge in [0.15, 0.2) is 5.69 Å². The van der Waals surface area contributed by atoms with Crippen LogP contribution in [0.25, 0.3) is 10.2 Å². The zero-order valence-electron chi connectivity index (χ0n) is 18.5. The summed E-state index contributed by atoms with van der Waals surface area (Å²) in [6.07, 6.45) is -9.81. The van der Waals surface area contributed by atoms with Crippen LogP contribution in [0.2, 0.25) is 0 Å². The van der Waals surface area contributed by atoms with Crippen LogP contribution in [0.4, 0.5) is 32.0 Å². The van der Waals surface area contributed by atoms with Gasteiger partial charge < -0.3 is 14.8 Å². The van der Waals surface area contributed by atoms with E-state index in [1.807, 2.05) is 0 Å². The van der Waals surface area contributed by atoms with E-state index < -0.39 is 52.6 Å². The van der Waals surface area contributed by atoms with Crippen LogP contribution in [0.1, 0.15) is 55.5 Å². The Morgan fingerprint density at radius 3 is 2.17 bits per heavy atom.